The lowest BCUT2D eigenvalue weighted by Gasteiger charge is -1.98. The molecular weight excluding hydrogens is 240 g/mol. The highest BCUT2D eigenvalue weighted by atomic mass is 32.1. The molecule has 0 N–H and O–H groups in total. The summed E-state index contributed by atoms with van der Waals surface area (Å²) in [6, 6.07) is 8.64. The Labute approximate surface area is 113 Å². The Morgan fingerprint density at radius 2 is 1.78 bits per heavy atom. The Hall–Kier alpha value is -1.22. The van der Waals surface area contributed by atoms with Gasteiger partial charge in [0.05, 0.1) is 0 Å². The Bertz CT molecular complexity index is 473. The minimum Gasteiger partial charge on any atom is -0.143 e. The number of benzene rings is 1. The van der Waals surface area contributed by atoms with Gasteiger partial charge in [-0.15, -0.1) is 10.2 Å². The zero-order valence-electron chi connectivity index (χ0n) is 11.1. The van der Waals surface area contributed by atoms with Crippen molar-refractivity contribution in [2.45, 2.75) is 46.0 Å². The number of rotatable bonds is 6. The lowest BCUT2D eigenvalue weighted by Crippen LogP contribution is -1.83. The molecule has 0 amide bonds. The topological polar surface area (TPSA) is 25.8 Å². The maximum Gasteiger partial charge on any atom is 0.147 e. The second-order valence-electron chi connectivity index (χ2n) is 4.51. The number of hydrogen-bond donors (Lipinski definition) is 0. The molecule has 1 aromatic heterocycles. The first-order chi connectivity index (χ1) is 8.83. The third kappa shape index (κ3) is 3.39. The molecule has 2 aromatic rings. The van der Waals surface area contributed by atoms with Crippen LogP contribution in [-0.2, 0) is 12.8 Å². The zero-order chi connectivity index (χ0) is 12.8. The highest BCUT2D eigenvalue weighted by Crippen LogP contribution is 2.24. The van der Waals surface area contributed by atoms with E-state index >= 15 is 0 Å². The second-order valence-corrected chi connectivity index (χ2v) is 5.57. The largest absolute Gasteiger partial charge is 0.147 e. The van der Waals surface area contributed by atoms with Crippen LogP contribution in [0.1, 0.15) is 43.7 Å². The van der Waals surface area contributed by atoms with E-state index in [4.69, 9.17) is 0 Å². The summed E-state index contributed by atoms with van der Waals surface area (Å²) in [5, 5.41) is 10.8. The molecule has 1 heterocycles. The van der Waals surface area contributed by atoms with E-state index in [2.05, 4.69) is 48.3 Å². The van der Waals surface area contributed by atoms with Crippen LogP contribution in [0, 0.1) is 0 Å². The van der Waals surface area contributed by atoms with Gasteiger partial charge >= 0.3 is 0 Å². The van der Waals surface area contributed by atoms with Gasteiger partial charge < -0.3 is 0 Å². The Morgan fingerprint density at radius 1 is 1.00 bits per heavy atom. The van der Waals surface area contributed by atoms with E-state index in [0.717, 1.165) is 22.9 Å². The van der Waals surface area contributed by atoms with Crippen molar-refractivity contribution in [3.05, 3.63) is 34.8 Å². The number of unbranched alkanes of at least 4 members (excludes halogenated alkanes) is 2. The highest BCUT2D eigenvalue weighted by Gasteiger charge is 2.06. The molecule has 0 aliphatic rings. The lowest BCUT2D eigenvalue weighted by atomic mass is 10.1. The summed E-state index contributed by atoms with van der Waals surface area (Å²) in [6.45, 7) is 4.40. The molecule has 0 fully saturated rings. The summed E-state index contributed by atoms with van der Waals surface area (Å²) >= 11 is 1.73. The van der Waals surface area contributed by atoms with Crippen molar-refractivity contribution in [2.75, 3.05) is 0 Å². The Balaban J connectivity index is 2.04. The van der Waals surface area contributed by atoms with E-state index < -0.39 is 0 Å². The minimum absolute atomic E-state index is 1.05. The molecule has 0 bridgehead atoms. The van der Waals surface area contributed by atoms with Crippen molar-refractivity contribution in [3.63, 3.8) is 0 Å². The van der Waals surface area contributed by atoms with Crippen molar-refractivity contribution in [3.8, 4) is 10.6 Å². The van der Waals surface area contributed by atoms with E-state index in [1.807, 2.05) is 0 Å². The first-order valence-corrected chi connectivity index (χ1v) is 7.56. The third-order valence-corrected chi connectivity index (χ3v) is 4.10. The van der Waals surface area contributed by atoms with Gasteiger partial charge in [0, 0.05) is 12.0 Å². The molecule has 96 valence electrons. The van der Waals surface area contributed by atoms with Gasteiger partial charge in [-0.05, 0) is 18.4 Å². The molecule has 0 radical (unpaired) electrons. The highest BCUT2D eigenvalue weighted by molar-refractivity contribution is 7.14. The van der Waals surface area contributed by atoms with Gasteiger partial charge in [0.15, 0.2) is 0 Å². The fourth-order valence-corrected chi connectivity index (χ4v) is 2.77. The van der Waals surface area contributed by atoms with Crippen LogP contribution in [0.3, 0.4) is 0 Å². The maximum absolute atomic E-state index is 4.29. The molecule has 0 saturated heterocycles. The monoisotopic (exact) mass is 260 g/mol. The van der Waals surface area contributed by atoms with Crippen LogP contribution in [-0.4, -0.2) is 10.2 Å². The fourth-order valence-electron chi connectivity index (χ4n) is 1.88. The van der Waals surface area contributed by atoms with Crippen molar-refractivity contribution in [2.24, 2.45) is 0 Å². The molecule has 2 nitrogen and oxygen atoms in total. The predicted octanol–water partition coefficient (Wildman–Crippen LogP) is 4.50. The maximum atomic E-state index is 4.29. The van der Waals surface area contributed by atoms with Gasteiger partial charge in [-0.25, -0.2) is 0 Å². The van der Waals surface area contributed by atoms with Gasteiger partial charge in [0.2, 0.25) is 0 Å². The molecule has 2 rings (SSSR count). The van der Waals surface area contributed by atoms with Crippen molar-refractivity contribution < 1.29 is 0 Å². The van der Waals surface area contributed by atoms with Crippen molar-refractivity contribution in [1.82, 2.24) is 10.2 Å². The minimum atomic E-state index is 1.05. The van der Waals surface area contributed by atoms with Crippen LogP contribution in [0.25, 0.3) is 10.6 Å². The van der Waals surface area contributed by atoms with Crippen LogP contribution < -0.4 is 0 Å². The molecule has 0 spiro atoms. The first kappa shape index (κ1) is 13.2. The standard InChI is InChI=1S/C15H20N2S/c1-3-5-6-7-14-16-17-15(18-14)13-10-8-12(4-2)9-11-13/h8-11H,3-7H2,1-2H3. The molecule has 0 saturated carbocycles. The Kier molecular flexibility index (Phi) is 4.88. The second kappa shape index (κ2) is 6.64. The average molecular weight is 260 g/mol. The molecular formula is C15H20N2S. The SMILES string of the molecule is CCCCCc1nnc(-c2ccc(CC)cc2)s1. The van der Waals surface area contributed by atoms with Crippen molar-refractivity contribution >= 4 is 11.3 Å². The van der Waals surface area contributed by atoms with Crippen LogP contribution >= 0.6 is 11.3 Å². The summed E-state index contributed by atoms with van der Waals surface area (Å²) in [5.41, 5.74) is 2.55. The number of aromatic nitrogens is 2. The van der Waals surface area contributed by atoms with E-state index in [1.165, 1.54) is 30.4 Å². The first-order valence-electron chi connectivity index (χ1n) is 6.75. The van der Waals surface area contributed by atoms with Gasteiger partial charge in [-0.3, -0.25) is 0 Å². The van der Waals surface area contributed by atoms with E-state index in [0.29, 0.717) is 0 Å². The predicted molar refractivity (Wildman–Crippen MR) is 78.0 cm³/mol. The third-order valence-electron chi connectivity index (χ3n) is 3.07. The number of aryl methyl sites for hydroxylation is 2. The summed E-state index contributed by atoms with van der Waals surface area (Å²) in [4.78, 5) is 0. The smallest absolute Gasteiger partial charge is 0.143 e. The summed E-state index contributed by atoms with van der Waals surface area (Å²) in [5.74, 6) is 0. The lowest BCUT2D eigenvalue weighted by molar-refractivity contribution is 0.710. The number of nitrogens with zero attached hydrogens (tertiary/aromatic N) is 2. The normalized spacial score (nSPS) is 10.8. The Morgan fingerprint density at radius 3 is 2.44 bits per heavy atom. The summed E-state index contributed by atoms with van der Waals surface area (Å²) < 4.78 is 0. The van der Waals surface area contributed by atoms with Crippen LogP contribution in [0.2, 0.25) is 0 Å². The fraction of sp³-hybridized carbons (Fsp3) is 0.467. The number of hydrogen-bond acceptors (Lipinski definition) is 3. The van der Waals surface area contributed by atoms with Gasteiger partial charge in [-0.1, -0.05) is 62.3 Å². The van der Waals surface area contributed by atoms with Crippen LogP contribution in [0.4, 0.5) is 0 Å². The summed E-state index contributed by atoms with van der Waals surface area (Å²) in [6.07, 6.45) is 5.90. The van der Waals surface area contributed by atoms with Gasteiger partial charge in [0.25, 0.3) is 0 Å². The average Bonchev–Trinajstić information content (AvgIpc) is 2.88. The molecule has 0 unspecified atom stereocenters. The molecule has 0 aliphatic carbocycles. The molecule has 18 heavy (non-hydrogen) atoms. The van der Waals surface area contributed by atoms with E-state index in [1.54, 1.807) is 11.3 Å². The summed E-state index contributed by atoms with van der Waals surface area (Å²) in [7, 11) is 0. The van der Waals surface area contributed by atoms with Gasteiger partial charge in [-0.2, -0.15) is 0 Å². The van der Waals surface area contributed by atoms with Crippen LogP contribution in [0.5, 0.6) is 0 Å². The van der Waals surface area contributed by atoms with Gasteiger partial charge in [0.1, 0.15) is 10.0 Å². The zero-order valence-corrected chi connectivity index (χ0v) is 12.0. The van der Waals surface area contributed by atoms with E-state index in [9.17, 15) is 0 Å². The van der Waals surface area contributed by atoms with E-state index in [-0.39, 0.29) is 0 Å². The molecule has 1 aromatic carbocycles. The molecule has 0 atom stereocenters. The van der Waals surface area contributed by atoms with Crippen molar-refractivity contribution in [1.29, 1.82) is 0 Å². The molecule has 3 heteroatoms. The van der Waals surface area contributed by atoms with Crippen LogP contribution in [0.15, 0.2) is 24.3 Å². The quantitative estimate of drug-likeness (QED) is 0.715. The molecule has 0 aliphatic heterocycles.